The van der Waals surface area contributed by atoms with Crippen LogP contribution in [0.15, 0.2) is 0 Å². The number of rotatable bonds is 3. The fourth-order valence-electron chi connectivity index (χ4n) is 3.28. The number of likely N-dealkylation sites (tertiary alicyclic amines) is 1. The van der Waals surface area contributed by atoms with Crippen LogP contribution in [0.1, 0.15) is 52.9 Å². The molecule has 0 bridgehead atoms. The molecule has 1 heterocycles. The van der Waals surface area contributed by atoms with Crippen molar-refractivity contribution in [2.24, 2.45) is 5.92 Å². The van der Waals surface area contributed by atoms with Gasteiger partial charge in [-0.2, -0.15) is 0 Å². The first-order valence-electron chi connectivity index (χ1n) is 7.17. The van der Waals surface area contributed by atoms with Gasteiger partial charge in [0.15, 0.2) is 0 Å². The minimum atomic E-state index is 0.728. The van der Waals surface area contributed by atoms with Crippen LogP contribution in [0, 0.1) is 5.92 Å². The fourth-order valence-corrected chi connectivity index (χ4v) is 3.28. The van der Waals surface area contributed by atoms with E-state index in [2.05, 4.69) is 31.0 Å². The lowest BCUT2D eigenvalue weighted by Crippen LogP contribution is -2.48. The Bertz CT molecular complexity index is 207. The Kier molecular flexibility index (Phi) is 4.26. The second-order valence-corrected chi connectivity index (χ2v) is 6.09. The molecule has 16 heavy (non-hydrogen) atoms. The van der Waals surface area contributed by atoms with E-state index >= 15 is 0 Å². The summed E-state index contributed by atoms with van der Waals surface area (Å²) < 4.78 is 0. The average molecular weight is 224 g/mol. The van der Waals surface area contributed by atoms with E-state index in [1.807, 2.05) is 0 Å². The van der Waals surface area contributed by atoms with Crippen LogP contribution in [0.3, 0.4) is 0 Å². The molecule has 1 N–H and O–H groups in total. The molecule has 2 heteroatoms. The number of nitrogens with one attached hydrogen (secondary N) is 1. The van der Waals surface area contributed by atoms with Crippen LogP contribution < -0.4 is 5.32 Å². The van der Waals surface area contributed by atoms with Crippen LogP contribution in [0.25, 0.3) is 0 Å². The molecule has 1 saturated heterocycles. The Morgan fingerprint density at radius 1 is 1.06 bits per heavy atom. The number of piperidine rings is 1. The first-order chi connectivity index (χ1) is 7.66. The molecule has 1 aliphatic carbocycles. The van der Waals surface area contributed by atoms with Gasteiger partial charge >= 0.3 is 0 Å². The van der Waals surface area contributed by atoms with Crippen molar-refractivity contribution in [3.05, 3.63) is 0 Å². The monoisotopic (exact) mass is 224 g/mol. The minimum absolute atomic E-state index is 0.728. The van der Waals surface area contributed by atoms with E-state index in [9.17, 15) is 0 Å². The second kappa shape index (κ2) is 5.50. The highest BCUT2D eigenvalue weighted by molar-refractivity contribution is 4.86. The average Bonchev–Trinajstić information content (AvgIpc) is 2.65. The first-order valence-corrected chi connectivity index (χ1v) is 7.17. The molecular formula is C14H28N2. The summed E-state index contributed by atoms with van der Waals surface area (Å²) in [5.41, 5.74) is 0. The highest BCUT2D eigenvalue weighted by atomic mass is 15.2. The predicted octanol–water partition coefficient (Wildman–Crippen LogP) is 2.64. The van der Waals surface area contributed by atoms with Crippen molar-refractivity contribution in [2.75, 3.05) is 13.1 Å². The van der Waals surface area contributed by atoms with Crippen LogP contribution in [0.4, 0.5) is 0 Å². The van der Waals surface area contributed by atoms with Crippen LogP contribution >= 0.6 is 0 Å². The third kappa shape index (κ3) is 2.98. The van der Waals surface area contributed by atoms with Gasteiger partial charge in [0.1, 0.15) is 0 Å². The van der Waals surface area contributed by atoms with E-state index in [0.29, 0.717) is 0 Å². The normalized spacial score (nSPS) is 33.8. The van der Waals surface area contributed by atoms with E-state index in [0.717, 1.165) is 24.0 Å². The third-order valence-electron chi connectivity index (χ3n) is 4.57. The molecule has 94 valence electrons. The molecule has 0 amide bonds. The smallest absolute Gasteiger partial charge is 0.00953 e. The van der Waals surface area contributed by atoms with Crippen molar-refractivity contribution >= 4 is 0 Å². The molecule has 0 aromatic heterocycles. The lowest BCUT2D eigenvalue weighted by atomic mass is 9.99. The molecule has 2 fully saturated rings. The van der Waals surface area contributed by atoms with Gasteiger partial charge < -0.3 is 10.2 Å². The lowest BCUT2D eigenvalue weighted by molar-refractivity contribution is 0.153. The molecule has 1 saturated carbocycles. The molecule has 0 aromatic carbocycles. The number of nitrogens with zero attached hydrogens (tertiary/aromatic N) is 1. The van der Waals surface area contributed by atoms with Crippen molar-refractivity contribution in [2.45, 2.75) is 71.0 Å². The molecule has 0 radical (unpaired) electrons. The molecule has 2 aliphatic rings. The highest BCUT2D eigenvalue weighted by Crippen LogP contribution is 2.26. The molecule has 0 spiro atoms. The third-order valence-corrected chi connectivity index (χ3v) is 4.57. The van der Waals surface area contributed by atoms with E-state index in [4.69, 9.17) is 0 Å². The van der Waals surface area contributed by atoms with Gasteiger partial charge in [-0.05, 0) is 58.5 Å². The second-order valence-electron chi connectivity index (χ2n) is 6.09. The summed E-state index contributed by atoms with van der Waals surface area (Å²) >= 11 is 0. The largest absolute Gasteiger partial charge is 0.311 e. The Labute approximate surface area is 101 Å². The SMILES string of the molecule is CC1CCCC1NC1CCN(C(C)C)CC1. The van der Waals surface area contributed by atoms with Crippen LogP contribution in [-0.2, 0) is 0 Å². The van der Waals surface area contributed by atoms with Crippen molar-refractivity contribution in [1.82, 2.24) is 10.2 Å². The minimum Gasteiger partial charge on any atom is -0.311 e. The van der Waals surface area contributed by atoms with Gasteiger partial charge in [-0.1, -0.05) is 13.3 Å². The van der Waals surface area contributed by atoms with Gasteiger partial charge in [-0.15, -0.1) is 0 Å². The summed E-state index contributed by atoms with van der Waals surface area (Å²) in [7, 11) is 0. The lowest BCUT2D eigenvalue weighted by Gasteiger charge is -2.36. The predicted molar refractivity (Wildman–Crippen MR) is 69.7 cm³/mol. The topological polar surface area (TPSA) is 15.3 Å². The Hall–Kier alpha value is -0.0800. The van der Waals surface area contributed by atoms with Gasteiger partial charge in [0, 0.05) is 18.1 Å². The summed E-state index contributed by atoms with van der Waals surface area (Å²) in [4.78, 5) is 2.61. The summed E-state index contributed by atoms with van der Waals surface area (Å²) in [5, 5.41) is 3.90. The van der Waals surface area contributed by atoms with E-state index in [1.54, 1.807) is 0 Å². The summed E-state index contributed by atoms with van der Waals surface area (Å²) in [6, 6.07) is 2.34. The molecule has 0 aromatic rings. The Morgan fingerprint density at radius 3 is 2.25 bits per heavy atom. The summed E-state index contributed by atoms with van der Waals surface area (Å²) in [6.45, 7) is 9.61. The van der Waals surface area contributed by atoms with E-state index in [1.165, 1.54) is 45.2 Å². The summed E-state index contributed by atoms with van der Waals surface area (Å²) in [6.07, 6.45) is 6.97. The van der Waals surface area contributed by atoms with Gasteiger partial charge in [0.05, 0.1) is 0 Å². The zero-order valence-electron chi connectivity index (χ0n) is 11.2. The molecule has 2 nitrogen and oxygen atoms in total. The Morgan fingerprint density at radius 2 is 1.75 bits per heavy atom. The quantitative estimate of drug-likeness (QED) is 0.793. The number of hydrogen-bond acceptors (Lipinski definition) is 2. The van der Waals surface area contributed by atoms with Crippen LogP contribution in [-0.4, -0.2) is 36.1 Å². The van der Waals surface area contributed by atoms with Crippen molar-refractivity contribution < 1.29 is 0 Å². The van der Waals surface area contributed by atoms with E-state index in [-0.39, 0.29) is 0 Å². The van der Waals surface area contributed by atoms with Crippen molar-refractivity contribution in [1.29, 1.82) is 0 Å². The van der Waals surface area contributed by atoms with Gasteiger partial charge in [0.2, 0.25) is 0 Å². The van der Waals surface area contributed by atoms with Crippen molar-refractivity contribution in [3.8, 4) is 0 Å². The van der Waals surface area contributed by atoms with Gasteiger partial charge in [0.25, 0.3) is 0 Å². The number of hydrogen-bond donors (Lipinski definition) is 1. The maximum absolute atomic E-state index is 3.90. The first kappa shape index (κ1) is 12.4. The molecule has 1 aliphatic heterocycles. The zero-order valence-corrected chi connectivity index (χ0v) is 11.2. The standard InChI is InChI=1S/C14H28N2/c1-11(2)16-9-7-13(8-10-16)15-14-6-4-5-12(14)3/h11-15H,4-10H2,1-3H3. The maximum Gasteiger partial charge on any atom is 0.00953 e. The zero-order chi connectivity index (χ0) is 11.5. The van der Waals surface area contributed by atoms with Gasteiger partial charge in [-0.3, -0.25) is 0 Å². The van der Waals surface area contributed by atoms with E-state index < -0.39 is 0 Å². The highest BCUT2D eigenvalue weighted by Gasteiger charge is 2.27. The summed E-state index contributed by atoms with van der Waals surface area (Å²) in [5.74, 6) is 0.906. The molecule has 2 atom stereocenters. The molecular weight excluding hydrogens is 196 g/mol. The van der Waals surface area contributed by atoms with Gasteiger partial charge in [-0.25, -0.2) is 0 Å². The fraction of sp³-hybridized carbons (Fsp3) is 1.00. The van der Waals surface area contributed by atoms with Crippen LogP contribution in [0.2, 0.25) is 0 Å². The van der Waals surface area contributed by atoms with Crippen molar-refractivity contribution in [3.63, 3.8) is 0 Å². The molecule has 2 unspecified atom stereocenters. The Balaban J connectivity index is 1.72. The van der Waals surface area contributed by atoms with Crippen LogP contribution in [0.5, 0.6) is 0 Å². The molecule has 2 rings (SSSR count). The maximum atomic E-state index is 3.90.